The summed E-state index contributed by atoms with van der Waals surface area (Å²) in [5, 5.41) is 17.5. The van der Waals surface area contributed by atoms with Crippen molar-refractivity contribution in [1.82, 2.24) is 15.6 Å². The van der Waals surface area contributed by atoms with Crippen LogP contribution in [0.4, 0.5) is 10.2 Å². The molecule has 0 bridgehead atoms. The number of benzene rings is 1. The van der Waals surface area contributed by atoms with E-state index in [1.807, 2.05) is 19.0 Å². The molecule has 37 heavy (non-hydrogen) atoms. The lowest BCUT2D eigenvalue weighted by molar-refractivity contribution is -0.120. The van der Waals surface area contributed by atoms with Gasteiger partial charge in [-0.15, -0.1) is 0 Å². The van der Waals surface area contributed by atoms with Crippen molar-refractivity contribution in [2.24, 2.45) is 5.41 Å². The number of amides is 1. The highest BCUT2D eigenvalue weighted by molar-refractivity contribution is 5.73. The minimum atomic E-state index is -0.854. The summed E-state index contributed by atoms with van der Waals surface area (Å²) in [6.07, 6.45) is 1.07. The van der Waals surface area contributed by atoms with Crippen LogP contribution in [0.1, 0.15) is 70.8 Å². The van der Waals surface area contributed by atoms with Gasteiger partial charge in [-0.2, -0.15) is 0 Å². The fourth-order valence-electron chi connectivity index (χ4n) is 4.82. The number of aromatic nitrogens is 1. The predicted octanol–water partition coefficient (Wildman–Crippen LogP) is 4.18. The van der Waals surface area contributed by atoms with Crippen LogP contribution in [0.2, 0.25) is 0 Å². The zero-order valence-electron chi connectivity index (χ0n) is 23.5. The number of nitrogens with zero attached hydrogens (tertiary/aromatic N) is 2. The van der Waals surface area contributed by atoms with Gasteiger partial charge in [-0.1, -0.05) is 32.9 Å². The fraction of sp³-hybridized carbons (Fsp3) is 0.586. The van der Waals surface area contributed by atoms with Crippen LogP contribution in [0.3, 0.4) is 0 Å². The fourth-order valence-corrected chi connectivity index (χ4v) is 4.82. The molecule has 0 saturated carbocycles. The molecule has 1 aromatic heterocycles. The molecule has 3 rings (SSSR count). The standard InChI is InChI=1S/C29H43FN4O3/c1-18(35)32-23(13-19-9-11-20(30)12-10-19)25(36)17-31-24-16-29(5,6)37-26-22(24)14-21(15-28(2,3)4)33-27(26)34(7)8/h9-12,14,23-25,31,36H,13,15-17H2,1-8H3,(H,32,35)/t23-,24-,25-/m0/s1. The van der Waals surface area contributed by atoms with Gasteiger partial charge in [0.2, 0.25) is 5.91 Å². The zero-order valence-corrected chi connectivity index (χ0v) is 23.5. The Hall–Kier alpha value is -2.71. The average molecular weight is 515 g/mol. The van der Waals surface area contributed by atoms with Crippen LogP contribution in [-0.4, -0.2) is 54.4 Å². The highest BCUT2D eigenvalue weighted by Crippen LogP contribution is 2.44. The summed E-state index contributed by atoms with van der Waals surface area (Å²) in [5.41, 5.74) is 2.51. The highest BCUT2D eigenvalue weighted by Gasteiger charge is 2.37. The molecule has 1 aromatic carbocycles. The van der Waals surface area contributed by atoms with Crippen molar-refractivity contribution < 1.29 is 19.0 Å². The van der Waals surface area contributed by atoms with E-state index >= 15 is 0 Å². The molecule has 8 heteroatoms. The van der Waals surface area contributed by atoms with Crippen molar-refractivity contribution in [2.45, 2.75) is 84.6 Å². The van der Waals surface area contributed by atoms with E-state index in [4.69, 9.17) is 9.72 Å². The van der Waals surface area contributed by atoms with Crippen LogP contribution < -0.4 is 20.3 Å². The van der Waals surface area contributed by atoms with Gasteiger partial charge >= 0.3 is 0 Å². The minimum Gasteiger partial charge on any atom is -0.484 e. The first kappa shape index (κ1) is 28.9. The first-order chi connectivity index (χ1) is 17.1. The second-order valence-electron chi connectivity index (χ2n) is 12.2. The van der Waals surface area contributed by atoms with Gasteiger partial charge in [0.05, 0.1) is 12.1 Å². The van der Waals surface area contributed by atoms with Gasteiger partial charge in [0.1, 0.15) is 11.4 Å². The van der Waals surface area contributed by atoms with Gasteiger partial charge < -0.3 is 25.4 Å². The van der Waals surface area contributed by atoms with Crippen LogP contribution in [-0.2, 0) is 17.6 Å². The number of carbonyl (C=O) groups excluding carboxylic acids is 1. The molecular weight excluding hydrogens is 471 g/mol. The first-order valence-electron chi connectivity index (χ1n) is 13.0. The Morgan fingerprint density at radius 3 is 2.49 bits per heavy atom. The number of hydrogen-bond acceptors (Lipinski definition) is 6. The van der Waals surface area contributed by atoms with Crippen molar-refractivity contribution in [3.05, 3.63) is 53.0 Å². The number of anilines is 1. The van der Waals surface area contributed by atoms with Crippen LogP contribution in [0.15, 0.2) is 30.3 Å². The van der Waals surface area contributed by atoms with E-state index in [0.717, 1.165) is 34.8 Å². The largest absolute Gasteiger partial charge is 0.484 e. The predicted molar refractivity (Wildman–Crippen MR) is 146 cm³/mol. The molecule has 0 unspecified atom stereocenters. The molecule has 7 nitrogen and oxygen atoms in total. The molecule has 3 N–H and O–H groups in total. The molecule has 1 amide bonds. The Labute approximate surface area is 220 Å². The van der Waals surface area contributed by atoms with E-state index in [1.54, 1.807) is 12.1 Å². The van der Waals surface area contributed by atoms with Crippen LogP contribution in [0, 0.1) is 11.2 Å². The van der Waals surface area contributed by atoms with Gasteiger partial charge in [-0.25, -0.2) is 9.37 Å². The Morgan fingerprint density at radius 2 is 1.92 bits per heavy atom. The van der Waals surface area contributed by atoms with E-state index in [0.29, 0.717) is 12.8 Å². The molecular formula is C29H43FN4O3. The summed E-state index contributed by atoms with van der Waals surface area (Å²) in [6.45, 7) is 12.4. The Morgan fingerprint density at radius 1 is 1.27 bits per heavy atom. The number of fused-ring (bicyclic) bond motifs is 1. The average Bonchev–Trinajstić information content (AvgIpc) is 2.76. The van der Waals surface area contributed by atoms with Gasteiger partial charge in [0.25, 0.3) is 0 Å². The molecule has 204 valence electrons. The normalized spacial score (nSPS) is 18.4. The summed E-state index contributed by atoms with van der Waals surface area (Å²) in [6, 6.07) is 7.65. The Balaban J connectivity index is 1.86. The summed E-state index contributed by atoms with van der Waals surface area (Å²) in [4.78, 5) is 18.8. The molecule has 0 radical (unpaired) electrons. The van der Waals surface area contributed by atoms with Crippen molar-refractivity contribution in [3.8, 4) is 5.75 Å². The van der Waals surface area contributed by atoms with Crippen LogP contribution >= 0.6 is 0 Å². The van der Waals surface area contributed by atoms with E-state index in [-0.39, 0.29) is 29.7 Å². The summed E-state index contributed by atoms with van der Waals surface area (Å²) >= 11 is 0. The third-order valence-electron chi connectivity index (χ3n) is 6.42. The number of hydrogen-bond donors (Lipinski definition) is 3. The number of aliphatic hydroxyl groups is 1. The third-order valence-corrected chi connectivity index (χ3v) is 6.42. The number of ether oxygens (including phenoxy) is 1. The Bertz CT molecular complexity index is 1080. The maximum atomic E-state index is 13.4. The number of carbonyl (C=O) groups is 1. The van der Waals surface area contributed by atoms with Crippen molar-refractivity contribution in [3.63, 3.8) is 0 Å². The van der Waals surface area contributed by atoms with E-state index in [2.05, 4.69) is 51.3 Å². The Kier molecular flexibility index (Phi) is 8.85. The van der Waals surface area contributed by atoms with E-state index in [1.165, 1.54) is 19.1 Å². The smallest absolute Gasteiger partial charge is 0.217 e. The molecule has 0 spiro atoms. The lowest BCUT2D eigenvalue weighted by Gasteiger charge is -2.40. The maximum Gasteiger partial charge on any atom is 0.217 e. The molecule has 2 aromatic rings. The van der Waals surface area contributed by atoms with Gasteiger partial charge in [-0.3, -0.25) is 4.79 Å². The second-order valence-corrected chi connectivity index (χ2v) is 12.2. The monoisotopic (exact) mass is 514 g/mol. The van der Waals surface area contributed by atoms with E-state index in [9.17, 15) is 14.3 Å². The van der Waals surface area contributed by atoms with Crippen LogP contribution in [0.5, 0.6) is 5.75 Å². The summed E-state index contributed by atoms with van der Waals surface area (Å²) in [5.74, 6) is 1.01. The third kappa shape index (κ3) is 8.14. The topological polar surface area (TPSA) is 86.7 Å². The molecule has 0 saturated heterocycles. The zero-order chi connectivity index (χ0) is 27.5. The number of halogens is 1. The molecule has 0 fully saturated rings. The second kappa shape index (κ2) is 11.4. The first-order valence-corrected chi connectivity index (χ1v) is 13.0. The van der Waals surface area contributed by atoms with E-state index < -0.39 is 17.7 Å². The summed E-state index contributed by atoms with van der Waals surface area (Å²) < 4.78 is 19.8. The van der Waals surface area contributed by atoms with Crippen LogP contribution in [0.25, 0.3) is 0 Å². The molecule has 2 heterocycles. The summed E-state index contributed by atoms with van der Waals surface area (Å²) in [7, 11) is 3.93. The molecule has 1 aliphatic heterocycles. The number of pyridine rings is 1. The lowest BCUT2D eigenvalue weighted by atomic mass is 9.86. The maximum absolute atomic E-state index is 13.4. The van der Waals surface area contributed by atoms with Crippen molar-refractivity contribution >= 4 is 11.7 Å². The van der Waals surface area contributed by atoms with Gasteiger partial charge in [0.15, 0.2) is 11.6 Å². The number of aliphatic hydroxyl groups excluding tert-OH is 1. The quantitative estimate of drug-likeness (QED) is 0.466. The molecule has 0 aliphatic carbocycles. The molecule has 1 aliphatic rings. The van der Waals surface area contributed by atoms with Gasteiger partial charge in [-0.05, 0) is 55.9 Å². The van der Waals surface area contributed by atoms with Crippen molar-refractivity contribution in [1.29, 1.82) is 0 Å². The highest BCUT2D eigenvalue weighted by atomic mass is 19.1. The van der Waals surface area contributed by atoms with Gasteiger partial charge in [0, 0.05) is 51.3 Å². The minimum absolute atomic E-state index is 0.0717. The number of rotatable bonds is 9. The molecule has 3 atom stereocenters. The number of nitrogens with one attached hydrogen (secondary N) is 2. The van der Waals surface area contributed by atoms with Crippen molar-refractivity contribution in [2.75, 3.05) is 25.5 Å². The lowest BCUT2D eigenvalue weighted by Crippen LogP contribution is -2.49. The SMILES string of the molecule is CC(=O)N[C@@H](Cc1ccc(F)cc1)[C@@H](O)CN[C@H]1CC(C)(C)Oc2c1cc(CC(C)(C)C)nc2N(C)C.